The van der Waals surface area contributed by atoms with E-state index in [0.29, 0.717) is 5.56 Å². The molecule has 0 N–H and O–H groups in total. The summed E-state index contributed by atoms with van der Waals surface area (Å²) in [7, 11) is 0. The third-order valence-corrected chi connectivity index (χ3v) is 3.50. The first-order valence-electron chi connectivity index (χ1n) is 7.54. The Labute approximate surface area is 143 Å². The van der Waals surface area contributed by atoms with Gasteiger partial charge in [-0.05, 0) is 36.3 Å². The number of ether oxygens (including phenoxy) is 1. The molecule has 0 radical (unpaired) electrons. The summed E-state index contributed by atoms with van der Waals surface area (Å²) in [5, 5.41) is 10.7. The van der Waals surface area contributed by atoms with Crippen molar-refractivity contribution in [3.63, 3.8) is 0 Å². The van der Waals surface area contributed by atoms with Gasteiger partial charge in [-0.3, -0.25) is 10.1 Å². The number of nitro groups is 1. The number of esters is 1. The first-order chi connectivity index (χ1) is 12.0. The number of carbonyl (C=O) groups excluding carboxylic acids is 1. The number of cyclic esters (lactones) is 1. The SMILES string of the molecule is CC(/C=C1\N=C(c2ccc([N+](=O)[O-])cc2)OC1=O)=C\c1ccccc1. The van der Waals surface area contributed by atoms with Crippen LogP contribution in [0.3, 0.4) is 0 Å². The second-order valence-corrected chi connectivity index (χ2v) is 5.44. The normalized spacial score (nSPS) is 15.9. The Balaban J connectivity index is 1.84. The second kappa shape index (κ2) is 6.92. The van der Waals surface area contributed by atoms with Crippen LogP contribution in [0.2, 0.25) is 0 Å². The highest BCUT2D eigenvalue weighted by molar-refractivity contribution is 6.11. The van der Waals surface area contributed by atoms with Crippen molar-refractivity contribution in [2.45, 2.75) is 6.92 Å². The zero-order valence-corrected chi connectivity index (χ0v) is 13.4. The molecule has 1 heterocycles. The summed E-state index contributed by atoms with van der Waals surface area (Å²) in [5.74, 6) is -0.409. The van der Waals surface area contributed by atoms with E-state index in [1.54, 1.807) is 6.08 Å². The van der Waals surface area contributed by atoms with Crippen molar-refractivity contribution >= 4 is 23.6 Å². The minimum absolute atomic E-state index is 0.0360. The minimum Gasteiger partial charge on any atom is -0.402 e. The lowest BCUT2D eigenvalue weighted by atomic mass is 10.1. The van der Waals surface area contributed by atoms with Crippen LogP contribution in [-0.2, 0) is 9.53 Å². The third-order valence-electron chi connectivity index (χ3n) is 3.50. The van der Waals surface area contributed by atoms with Gasteiger partial charge in [-0.2, -0.15) is 0 Å². The predicted octanol–water partition coefficient (Wildman–Crippen LogP) is 3.89. The molecule has 0 fully saturated rings. The van der Waals surface area contributed by atoms with Gasteiger partial charge in [0.2, 0.25) is 5.90 Å². The van der Waals surface area contributed by atoms with Crippen LogP contribution in [0.1, 0.15) is 18.1 Å². The fourth-order valence-corrected chi connectivity index (χ4v) is 2.33. The molecule has 0 bridgehead atoms. The Bertz CT molecular complexity index is 910. The molecule has 0 unspecified atom stereocenters. The Kier molecular flexibility index (Phi) is 4.52. The lowest BCUT2D eigenvalue weighted by Crippen LogP contribution is -2.05. The second-order valence-electron chi connectivity index (χ2n) is 5.44. The van der Waals surface area contributed by atoms with Gasteiger partial charge in [-0.15, -0.1) is 0 Å². The highest BCUT2D eigenvalue weighted by Gasteiger charge is 2.24. The molecule has 3 rings (SSSR count). The quantitative estimate of drug-likeness (QED) is 0.368. The molecule has 2 aromatic carbocycles. The number of non-ortho nitro benzene ring substituents is 1. The molecule has 124 valence electrons. The average molecular weight is 334 g/mol. The molecular weight excluding hydrogens is 320 g/mol. The summed E-state index contributed by atoms with van der Waals surface area (Å²) in [6, 6.07) is 15.4. The molecule has 2 aromatic rings. The maximum absolute atomic E-state index is 12.0. The standard InChI is InChI=1S/C19H14N2O4/c1-13(11-14-5-3-2-4-6-14)12-17-19(22)25-18(20-17)15-7-9-16(10-8-15)21(23)24/h2-12H,1H3/b13-11+,17-12-. The number of aliphatic imine (C=N–C) groups is 1. The summed E-state index contributed by atoms with van der Waals surface area (Å²) in [5.41, 5.74) is 2.53. The van der Waals surface area contributed by atoms with E-state index in [9.17, 15) is 14.9 Å². The van der Waals surface area contributed by atoms with E-state index < -0.39 is 10.9 Å². The van der Waals surface area contributed by atoms with Crippen LogP contribution >= 0.6 is 0 Å². The van der Waals surface area contributed by atoms with Crippen molar-refractivity contribution in [3.05, 3.63) is 93.2 Å². The van der Waals surface area contributed by atoms with E-state index >= 15 is 0 Å². The molecule has 0 aliphatic carbocycles. The van der Waals surface area contributed by atoms with Crippen LogP contribution < -0.4 is 0 Å². The molecule has 6 heteroatoms. The molecule has 0 atom stereocenters. The maximum Gasteiger partial charge on any atom is 0.363 e. The van der Waals surface area contributed by atoms with Gasteiger partial charge in [0, 0.05) is 17.7 Å². The number of hydrogen-bond donors (Lipinski definition) is 0. The number of nitrogens with zero attached hydrogens (tertiary/aromatic N) is 2. The molecule has 0 amide bonds. The average Bonchev–Trinajstić information content (AvgIpc) is 2.96. The summed E-state index contributed by atoms with van der Waals surface area (Å²) in [4.78, 5) is 26.4. The summed E-state index contributed by atoms with van der Waals surface area (Å²) < 4.78 is 5.16. The van der Waals surface area contributed by atoms with Crippen LogP contribution in [0.25, 0.3) is 6.08 Å². The summed E-state index contributed by atoms with van der Waals surface area (Å²) in [6.45, 7) is 1.87. The number of rotatable bonds is 4. The van der Waals surface area contributed by atoms with Crippen molar-refractivity contribution in [3.8, 4) is 0 Å². The first kappa shape index (κ1) is 16.3. The van der Waals surface area contributed by atoms with E-state index in [0.717, 1.165) is 11.1 Å². The largest absolute Gasteiger partial charge is 0.402 e. The van der Waals surface area contributed by atoms with Crippen LogP contribution in [0.4, 0.5) is 5.69 Å². The first-order valence-corrected chi connectivity index (χ1v) is 7.54. The van der Waals surface area contributed by atoms with Crippen molar-refractivity contribution < 1.29 is 14.5 Å². The van der Waals surface area contributed by atoms with Gasteiger partial charge < -0.3 is 4.74 Å². The maximum atomic E-state index is 12.0. The topological polar surface area (TPSA) is 81.8 Å². The molecule has 1 aliphatic heterocycles. The number of nitro benzene ring substituents is 1. The van der Waals surface area contributed by atoms with Gasteiger partial charge in [-0.25, -0.2) is 9.79 Å². The van der Waals surface area contributed by atoms with Gasteiger partial charge in [0.15, 0.2) is 5.70 Å². The van der Waals surface area contributed by atoms with Crippen molar-refractivity contribution in [2.24, 2.45) is 4.99 Å². The monoisotopic (exact) mass is 334 g/mol. The number of hydrogen-bond acceptors (Lipinski definition) is 5. The van der Waals surface area contributed by atoms with Crippen molar-refractivity contribution in [2.75, 3.05) is 0 Å². The van der Waals surface area contributed by atoms with Crippen LogP contribution in [0.5, 0.6) is 0 Å². The molecular formula is C19H14N2O4. The van der Waals surface area contributed by atoms with Gasteiger partial charge in [0.25, 0.3) is 5.69 Å². The van der Waals surface area contributed by atoms with E-state index in [2.05, 4.69) is 4.99 Å². The number of carbonyl (C=O) groups is 1. The molecule has 6 nitrogen and oxygen atoms in total. The highest BCUT2D eigenvalue weighted by atomic mass is 16.6. The van der Waals surface area contributed by atoms with Gasteiger partial charge in [0.05, 0.1) is 4.92 Å². The molecule has 0 spiro atoms. The van der Waals surface area contributed by atoms with Gasteiger partial charge in [0.1, 0.15) is 0 Å². The molecule has 1 aliphatic rings. The molecule has 25 heavy (non-hydrogen) atoms. The smallest absolute Gasteiger partial charge is 0.363 e. The third kappa shape index (κ3) is 3.87. The van der Waals surface area contributed by atoms with E-state index in [1.165, 1.54) is 24.3 Å². The predicted molar refractivity (Wildman–Crippen MR) is 93.9 cm³/mol. The van der Waals surface area contributed by atoms with Gasteiger partial charge >= 0.3 is 5.97 Å². The molecule has 0 saturated carbocycles. The Morgan fingerprint density at radius 1 is 1.12 bits per heavy atom. The lowest BCUT2D eigenvalue weighted by molar-refractivity contribution is -0.384. The van der Waals surface area contributed by atoms with Crippen molar-refractivity contribution in [1.29, 1.82) is 0 Å². The minimum atomic E-state index is -0.547. The van der Waals surface area contributed by atoms with Crippen LogP contribution in [0.15, 0.2) is 76.9 Å². The fourth-order valence-electron chi connectivity index (χ4n) is 2.33. The fraction of sp³-hybridized carbons (Fsp3) is 0.0526. The molecule has 0 saturated heterocycles. The zero-order valence-electron chi connectivity index (χ0n) is 13.4. The molecule has 0 aromatic heterocycles. The van der Waals surface area contributed by atoms with E-state index in [4.69, 9.17) is 4.74 Å². The Hall–Kier alpha value is -3.54. The zero-order chi connectivity index (χ0) is 17.8. The number of benzene rings is 2. The van der Waals surface area contributed by atoms with Crippen molar-refractivity contribution in [1.82, 2.24) is 0 Å². The summed E-state index contributed by atoms with van der Waals surface area (Å²) in [6.07, 6.45) is 3.58. The van der Waals surface area contributed by atoms with Gasteiger partial charge in [-0.1, -0.05) is 36.4 Å². The Morgan fingerprint density at radius 2 is 1.80 bits per heavy atom. The summed E-state index contributed by atoms with van der Waals surface area (Å²) >= 11 is 0. The highest BCUT2D eigenvalue weighted by Crippen LogP contribution is 2.20. The van der Waals surface area contributed by atoms with E-state index in [1.807, 2.05) is 43.3 Å². The van der Waals surface area contributed by atoms with Crippen LogP contribution in [0, 0.1) is 10.1 Å². The number of allylic oxidation sites excluding steroid dienone is 2. The lowest BCUT2D eigenvalue weighted by Gasteiger charge is -1.98. The van der Waals surface area contributed by atoms with Crippen LogP contribution in [-0.4, -0.2) is 16.8 Å². The van der Waals surface area contributed by atoms with E-state index in [-0.39, 0.29) is 17.3 Å². The Morgan fingerprint density at radius 3 is 2.44 bits per heavy atom.